The van der Waals surface area contributed by atoms with Crippen LogP contribution in [0.3, 0.4) is 0 Å². The number of rotatable bonds is 13. The highest BCUT2D eigenvalue weighted by Crippen LogP contribution is 2.43. The first-order chi connectivity index (χ1) is 25.7. The Bertz CT molecular complexity index is 2570. The molecule has 0 bridgehead atoms. The molecule has 282 valence electrons. The van der Waals surface area contributed by atoms with E-state index in [0.29, 0.717) is 62.1 Å². The van der Waals surface area contributed by atoms with Crippen molar-refractivity contribution in [1.29, 1.82) is 0 Å². The van der Waals surface area contributed by atoms with Crippen LogP contribution in [0.4, 0.5) is 17.1 Å². The zero-order valence-electron chi connectivity index (χ0n) is 31.5. The third-order valence-corrected chi connectivity index (χ3v) is 12.3. The molecule has 0 saturated carbocycles. The summed E-state index contributed by atoms with van der Waals surface area (Å²) in [5, 5.41) is 4.73. The highest BCUT2D eigenvalue weighted by Gasteiger charge is 2.24. The molecule has 0 saturated heterocycles. The molecule has 0 amide bonds. The summed E-state index contributed by atoms with van der Waals surface area (Å²) in [4.78, 5) is 4.93. The fourth-order valence-electron chi connectivity index (χ4n) is 7.00. The van der Waals surface area contributed by atoms with E-state index >= 15 is 0 Å². The molecule has 0 spiro atoms. The van der Waals surface area contributed by atoms with Crippen molar-refractivity contribution in [3.63, 3.8) is 0 Å². The number of para-hydroxylation sites is 1. The molecule has 0 fully saturated rings. The first-order valence-electron chi connectivity index (χ1n) is 18.3. The Morgan fingerprint density at radius 1 is 0.778 bits per heavy atom. The van der Waals surface area contributed by atoms with Crippen molar-refractivity contribution in [3.05, 3.63) is 119 Å². The van der Waals surface area contributed by atoms with Gasteiger partial charge in [-0.2, -0.15) is 8.42 Å². The van der Waals surface area contributed by atoms with E-state index in [0.717, 1.165) is 48.2 Å². The number of nitrogens with one attached hydrogen (secondary N) is 2. The fraction of sp³-hybridized carbons (Fsp3) is 0.279. The van der Waals surface area contributed by atoms with Crippen LogP contribution < -0.4 is 15.4 Å². The van der Waals surface area contributed by atoms with Crippen LogP contribution in [0.2, 0.25) is 0 Å². The second kappa shape index (κ2) is 15.9. The summed E-state index contributed by atoms with van der Waals surface area (Å²) in [6.07, 6.45) is 4.03. The minimum Gasteiger partial charge on any atom is -0.456 e. The van der Waals surface area contributed by atoms with E-state index in [9.17, 15) is 21.4 Å². The van der Waals surface area contributed by atoms with E-state index in [1.165, 1.54) is 6.07 Å². The number of aryl methyl sites for hydroxylation is 4. The summed E-state index contributed by atoms with van der Waals surface area (Å²) in [5.41, 5.74) is 8.00. The SMILES string of the molecule is CCCCC(CC)CNS(=O)(=O)c1cc(C)c(N=c2ccc3c(-c4ccccc4S(=O)(=O)O)c4ccc(Nc5c(C)cccc5C)cc4oc-3c2)c(C)c1. The van der Waals surface area contributed by atoms with Gasteiger partial charge in [-0.15, -0.1) is 0 Å². The van der Waals surface area contributed by atoms with Crippen LogP contribution in [0.5, 0.6) is 0 Å². The summed E-state index contributed by atoms with van der Waals surface area (Å²) in [5.74, 6) is 0.731. The smallest absolute Gasteiger partial charge is 0.295 e. The van der Waals surface area contributed by atoms with Crippen molar-refractivity contribution in [2.24, 2.45) is 10.9 Å². The quantitative estimate of drug-likeness (QED) is 0.0786. The maximum atomic E-state index is 13.3. The van der Waals surface area contributed by atoms with Crippen molar-refractivity contribution < 1.29 is 25.8 Å². The highest BCUT2D eigenvalue weighted by molar-refractivity contribution is 7.89. The van der Waals surface area contributed by atoms with E-state index in [-0.39, 0.29) is 15.7 Å². The van der Waals surface area contributed by atoms with Gasteiger partial charge in [0.05, 0.1) is 15.9 Å². The molecule has 54 heavy (non-hydrogen) atoms. The second-order valence-electron chi connectivity index (χ2n) is 14.0. The van der Waals surface area contributed by atoms with Crippen molar-refractivity contribution in [2.75, 3.05) is 11.9 Å². The van der Waals surface area contributed by atoms with E-state index in [2.05, 4.69) is 23.9 Å². The average Bonchev–Trinajstić information content (AvgIpc) is 3.13. The maximum Gasteiger partial charge on any atom is 0.295 e. The van der Waals surface area contributed by atoms with Gasteiger partial charge >= 0.3 is 0 Å². The fourth-order valence-corrected chi connectivity index (χ4v) is 8.99. The summed E-state index contributed by atoms with van der Waals surface area (Å²) < 4.78 is 71.5. The zero-order chi connectivity index (χ0) is 38.8. The second-order valence-corrected chi connectivity index (χ2v) is 17.2. The lowest BCUT2D eigenvalue weighted by Gasteiger charge is -2.18. The van der Waals surface area contributed by atoms with Gasteiger partial charge in [0.15, 0.2) is 0 Å². The van der Waals surface area contributed by atoms with Crippen LogP contribution in [-0.2, 0) is 20.1 Å². The molecule has 0 radical (unpaired) electrons. The van der Waals surface area contributed by atoms with Crippen molar-refractivity contribution >= 4 is 48.2 Å². The van der Waals surface area contributed by atoms with Gasteiger partial charge in [0.25, 0.3) is 10.1 Å². The first kappa shape index (κ1) is 38.9. The van der Waals surface area contributed by atoms with Gasteiger partial charge in [0.2, 0.25) is 10.0 Å². The number of benzene rings is 5. The van der Waals surface area contributed by atoms with Crippen LogP contribution in [0.1, 0.15) is 61.8 Å². The third kappa shape index (κ3) is 8.29. The topological polar surface area (TPSA) is 138 Å². The largest absolute Gasteiger partial charge is 0.456 e. The van der Waals surface area contributed by atoms with E-state index < -0.39 is 20.1 Å². The molecule has 4 aromatic carbocycles. The molecule has 1 aliphatic carbocycles. The molecule has 0 aromatic heterocycles. The Labute approximate surface area is 318 Å². The van der Waals surface area contributed by atoms with E-state index in [1.54, 1.807) is 36.4 Å². The molecule has 2 aliphatic rings. The summed E-state index contributed by atoms with van der Waals surface area (Å²) >= 11 is 0. The first-order valence-corrected chi connectivity index (χ1v) is 21.2. The lowest BCUT2D eigenvalue weighted by atomic mass is 9.93. The number of unbranched alkanes of at least 4 members (excludes halogenated alkanes) is 1. The van der Waals surface area contributed by atoms with Crippen LogP contribution in [0, 0.1) is 33.6 Å². The molecule has 9 nitrogen and oxygen atoms in total. The molecule has 4 aromatic rings. The lowest BCUT2D eigenvalue weighted by Crippen LogP contribution is -2.29. The van der Waals surface area contributed by atoms with Gasteiger partial charge in [-0.05, 0) is 105 Å². The molecule has 6 rings (SSSR count). The summed E-state index contributed by atoms with van der Waals surface area (Å²) in [6, 6.07) is 26.8. The molecule has 1 heterocycles. The standard InChI is InChI=1S/C43H47N3O6S2/c1-7-9-15-31(8-2)26-44-53(47,48)34-22-29(5)43(30(6)23-34)46-33-19-21-36-39(25-33)52-38-24-32(45-42-27(3)13-12-14-28(42)4)18-20-35(38)41(36)37-16-10-11-17-40(37)54(49,50)51/h10-14,16-25,31,44-45H,7-9,15,26H2,1-6H3,(H,49,50,51). The van der Waals surface area contributed by atoms with Crippen LogP contribution >= 0.6 is 0 Å². The molecule has 1 atom stereocenters. The number of hydrogen-bond acceptors (Lipinski definition) is 7. The van der Waals surface area contributed by atoms with Crippen LogP contribution in [0.25, 0.3) is 33.4 Å². The Morgan fingerprint density at radius 3 is 2.15 bits per heavy atom. The van der Waals surface area contributed by atoms with Crippen LogP contribution in [0.15, 0.2) is 110 Å². The molecule has 1 unspecified atom stereocenters. The number of sulfonamides is 1. The van der Waals surface area contributed by atoms with Gasteiger partial charge in [-0.1, -0.05) is 69.5 Å². The summed E-state index contributed by atoms with van der Waals surface area (Å²) in [6.45, 7) is 12.4. The monoisotopic (exact) mass is 765 g/mol. The van der Waals surface area contributed by atoms with Gasteiger partial charge in [0, 0.05) is 52.1 Å². The normalized spacial score (nSPS) is 13.1. The average molecular weight is 766 g/mol. The van der Waals surface area contributed by atoms with Gasteiger partial charge in [-0.25, -0.2) is 18.1 Å². The number of anilines is 2. The molecule has 11 heteroatoms. The Hall–Kier alpha value is -4.81. The third-order valence-electron chi connectivity index (χ3n) is 10.0. The highest BCUT2D eigenvalue weighted by atomic mass is 32.2. The summed E-state index contributed by atoms with van der Waals surface area (Å²) in [7, 11) is -8.29. The van der Waals surface area contributed by atoms with Crippen LogP contribution in [-0.4, -0.2) is 27.9 Å². The Morgan fingerprint density at radius 2 is 1.48 bits per heavy atom. The number of nitrogens with zero attached hydrogens (tertiary/aromatic N) is 1. The molecular weight excluding hydrogens is 719 g/mol. The van der Waals surface area contributed by atoms with Crippen molar-refractivity contribution in [2.45, 2.75) is 77.0 Å². The Kier molecular flexibility index (Phi) is 11.4. The van der Waals surface area contributed by atoms with Crippen molar-refractivity contribution in [3.8, 4) is 22.5 Å². The minimum absolute atomic E-state index is 0.203. The number of hydrogen-bond donors (Lipinski definition) is 3. The zero-order valence-corrected chi connectivity index (χ0v) is 33.2. The van der Waals surface area contributed by atoms with Crippen molar-refractivity contribution in [1.82, 2.24) is 4.72 Å². The Balaban J connectivity index is 1.47. The predicted octanol–water partition coefficient (Wildman–Crippen LogP) is 10.2. The predicted molar refractivity (Wildman–Crippen MR) is 217 cm³/mol. The molecular formula is C43H47N3O6S2. The van der Waals surface area contributed by atoms with E-state index in [4.69, 9.17) is 9.41 Å². The molecule has 1 aliphatic heterocycles. The van der Waals surface area contributed by atoms with Gasteiger partial charge in [-0.3, -0.25) is 4.55 Å². The number of fused-ring (bicyclic) bond motifs is 2. The lowest BCUT2D eigenvalue weighted by molar-refractivity contribution is 0.443. The van der Waals surface area contributed by atoms with Gasteiger partial charge < -0.3 is 9.73 Å². The minimum atomic E-state index is -4.57. The van der Waals surface area contributed by atoms with Gasteiger partial charge in [0.1, 0.15) is 16.2 Å². The van der Waals surface area contributed by atoms with E-state index in [1.807, 2.05) is 76.2 Å². The molecule has 3 N–H and O–H groups in total. The maximum absolute atomic E-state index is 13.3.